The molecule has 116 valence electrons. The van der Waals surface area contributed by atoms with E-state index in [0.717, 1.165) is 5.56 Å². The lowest BCUT2D eigenvalue weighted by Gasteiger charge is -2.20. The van der Waals surface area contributed by atoms with Gasteiger partial charge in [-0.1, -0.05) is 30.3 Å². The van der Waals surface area contributed by atoms with Gasteiger partial charge in [0.1, 0.15) is 11.6 Å². The summed E-state index contributed by atoms with van der Waals surface area (Å²) in [5.41, 5.74) is 2.64. The van der Waals surface area contributed by atoms with Crippen molar-refractivity contribution in [2.45, 2.75) is 38.8 Å². The summed E-state index contributed by atoms with van der Waals surface area (Å²) in [4.78, 5) is 27.5. The van der Waals surface area contributed by atoms with Gasteiger partial charge >= 0.3 is 11.9 Å². The van der Waals surface area contributed by atoms with Gasteiger partial charge in [-0.2, -0.15) is 5.48 Å². The normalized spacial score (nSPS) is 12.7. The Labute approximate surface area is 124 Å². The maximum absolute atomic E-state index is 11.4. The van der Waals surface area contributed by atoms with Gasteiger partial charge in [-0.15, -0.1) is 0 Å². The average molecular weight is 295 g/mol. The highest BCUT2D eigenvalue weighted by Gasteiger charge is 2.20. The summed E-state index contributed by atoms with van der Waals surface area (Å²) in [6.07, 6.45) is 0.254. The van der Waals surface area contributed by atoms with Gasteiger partial charge in [0, 0.05) is 6.42 Å². The van der Waals surface area contributed by atoms with Crippen LogP contribution < -0.4 is 5.48 Å². The Morgan fingerprint density at radius 2 is 1.86 bits per heavy atom. The van der Waals surface area contributed by atoms with E-state index < -0.39 is 23.6 Å². The molecule has 0 aliphatic rings. The Balaban J connectivity index is 2.42. The third-order valence-corrected chi connectivity index (χ3v) is 2.42. The van der Waals surface area contributed by atoms with Crippen LogP contribution in [0, 0.1) is 0 Å². The first kappa shape index (κ1) is 17.1. The van der Waals surface area contributed by atoms with E-state index in [2.05, 4.69) is 5.48 Å². The standard InChI is InChI=1S/C15H21NO5/c1-15(2,3)21-13(17)10-20-16-12(14(18)19)9-11-7-5-4-6-8-11/h4-8,12,16H,9-10H2,1-3H3,(H,18,19)/t12-/m0/s1. The van der Waals surface area contributed by atoms with Crippen LogP contribution in [0.2, 0.25) is 0 Å². The van der Waals surface area contributed by atoms with Crippen molar-refractivity contribution < 1.29 is 24.3 Å². The number of aliphatic carboxylic acids is 1. The zero-order chi connectivity index (χ0) is 15.9. The number of carboxylic acid groups (broad SMARTS) is 1. The predicted molar refractivity (Wildman–Crippen MR) is 76.5 cm³/mol. The minimum atomic E-state index is -1.05. The van der Waals surface area contributed by atoms with Gasteiger partial charge in [0.2, 0.25) is 0 Å². The summed E-state index contributed by atoms with van der Waals surface area (Å²) < 4.78 is 5.05. The SMILES string of the molecule is CC(C)(C)OC(=O)CON[C@@H](Cc1ccccc1)C(=O)O. The summed E-state index contributed by atoms with van der Waals surface area (Å²) in [7, 11) is 0. The van der Waals surface area contributed by atoms with Crippen LogP contribution in [0.4, 0.5) is 0 Å². The molecule has 0 spiro atoms. The van der Waals surface area contributed by atoms with Crippen LogP contribution in [0.1, 0.15) is 26.3 Å². The molecule has 0 radical (unpaired) electrons. The number of nitrogens with one attached hydrogen (secondary N) is 1. The smallest absolute Gasteiger partial charge is 0.334 e. The lowest BCUT2D eigenvalue weighted by molar-refractivity contribution is -0.166. The largest absolute Gasteiger partial charge is 0.480 e. The van der Waals surface area contributed by atoms with Gasteiger partial charge < -0.3 is 9.84 Å². The number of rotatable bonds is 7. The van der Waals surface area contributed by atoms with Gasteiger partial charge in [0.25, 0.3) is 0 Å². The molecule has 21 heavy (non-hydrogen) atoms. The Bertz CT molecular complexity index is 467. The van der Waals surface area contributed by atoms with Crippen LogP contribution >= 0.6 is 0 Å². The van der Waals surface area contributed by atoms with Gasteiger partial charge in [-0.3, -0.25) is 9.63 Å². The number of carbonyl (C=O) groups is 2. The molecule has 0 saturated heterocycles. The van der Waals surface area contributed by atoms with Crippen LogP contribution in [0.25, 0.3) is 0 Å². The van der Waals surface area contributed by atoms with Gasteiger partial charge in [0.15, 0.2) is 6.61 Å². The highest BCUT2D eigenvalue weighted by molar-refractivity contribution is 5.74. The van der Waals surface area contributed by atoms with Crippen LogP contribution in [0.5, 0.6) is 0 Å². The number of benzene rings is 1. The quantitative estimate of drug-likeness (QED) is 0.586. The van der Waals surface area contributed by atoms with Crippen LogP contribution in [0.15, 0.2) is 30.3 Å². The Hall–Kier alpha value is -1.92. The Morgan fingerprint density at radius 3 is 2.38 bits per heavy atom. The van der Waals surface area contributed by atoms with Crippen LogP contribution in [-0.4, -0.2) is 35.3 Å². The van der Waals surface area contributed by atoms with Gasteiger partial charge in [-0.05, 0) is 26.3 Å². The lowest BCUT2D eigenvalue weighted by atomic mass is 10.1. The maximum atomic E-state index is 11.4. The van der Waals surface area contributed by atoms with Crippen molar-refractivity contribution in [2.75, 3.05) is 6.61 Å². The van der Waals surface area contributed by atoms with E-state index in [4.69, 9.17) is 14.7 Å². The molecule has 0 saturated carbocycles. The van der Waals surface area contributed by atoms with Crippen molar-refractivity contribution in [2.24, 2.45) is 0 Å². The molecular formula is C15H21NO5. The molecule has 0 unspecified atom stereocenters. The number of ether oxygens (including phenoxy) is 1. The van der Waals surface area contributed by atoms with E-state index in [9.17, 15) is 9.59 Å². The first-order valence-corrected chi connectivity index (χ1v) is 6.64. The third kappa shape index (κ3) is 7.43. The first-order valence-electron chi connectivity index (χ1n) is 6.64. The minimum Gasteiger partial charge on any atom is -0.480 e. The van der Waals surface area contributed by atoms with E-state index in [0.29, 0.717) is 0 Å². The fraction of sp³-hybridized carbons (Fsp3) is 0.467. The lowest BCUT2D eigenvalue weighted by Crippen LogP contribution is -2.40. The molecule has 0 heterocycles. The topological polar surface area (TPSA) is 84.9 Å². The Kier molecular flexibility index (Phi) is 6.33. The molecule has 6 heteroatoms. The van der Waals surface area contributed by atoms with Crippen molar-refractivity contribution in [3.05, 3.63) is 35.9 Å². The van der Waals surface area contributed by atoms with E-state index in [1.54, 1.807) is 20.8 Å². The van der Waals surface area contributed by atoms with Crippen LogP contribution in [-0.2, 0) is 25.6 Å². The summed E-state index contributed by atoms with van der Waals surface area (Å²) >= 11 is 0. The summed E-state index contributed by atoms with van der Waals surface area (Å²) in [6.45, 7) is 4.88. The summed E-state index contributed by atoms with van der Waals surface area (Å²) in [5, 5.41) is 9.13. The second-order valence-corrected chi connectivity index (χ2v) is 5.57. The fourth-order valence-electron chi connectivity index (χ4n) is 1.60. The number of hydroxylamine groups is 1. The monoisotopic (exact) mass is 295 g/mol. The average Bonchev–Trinajstić information content (AvgIpc) is 2.36. The number of carbonyl (C=O) groups excluding carboxylic acids is 1. The molecule has 1 rings (SSSR count). The third-order valence-electron chi connectivity index (χ3n) is 2.42. The zero-order valence-corrected chi connectivity index (χ0v) is 12.5. The molecule has 0 aromatic heterocycles. The van der Waals surface area contributed by atoms with Gasteiger partial charge in [-0.25, -0.2) is 4.79 Å². The minimum absolute atomic E-state index is 0.254. The maximum Gasteiger partial charge on any atom is 0.334 e. The first-order chi connectivity index (χ1) is 9.78. The molecule has 0 aliphatic heterocycles. The van der Waals surface area contributed by atoms with Crippen molar-refractivity contribution in [1.29, 1.82) is 0 Å². The highest BCUT2D eigenvalue weighted by atomic mass is 16.7. The number of esters is 1. The number of hydrogen-bond acceptors (Lipinski definition) is 5. The molecule has 2 N–H and O–H groups in total. The van der Waals surface area contributed by atoms with E-state index in [1.807, 2.05) is 30.3 Å². The second-order valence-electron chi connectivity index (χ2n) is 5.57. The van der Waals surface area contributed by atoms with E-state index in [1.165, 1.54) is 0 Å². The molecule has 1 atom stereocenters. The molecule has 0 aliphatic carbocycles. The zero-order valence-electron chi connectivity index (χ0n) is 12.5. The molecule has 0 amide bonds. The molecule has 6 nitrogen and oxygen atoms in total. The summed E-state index contributed by atoms with van der Waals surface area (Å²) in [5.74, 6) is -1.61. The number of carboxylic acids is 1. The van der Waals surface area contributed by atoms with Crippen LogP contribution in [0.3, 0.4) is 0 Å². The fourth-order valence-corrected chi connectivity index (χ4v) is 1.60. The van der Waals surface area contributed by atoms with Gasteiger partial charge in [0.05, 0.1) is 0 Å². The van der Waals surface area contributed by atoms with Crippen molar-refractivity contribution in [3.63, 3.8) is 0 Å². The molecule has 0 fully saturated rings. The van der Waals surface area contributed by atoms with Crippen molar-refractivity contribution in [1.82, 2.24) is 5.48 Å². The molecule has 1 aromatic rings. The summed E-state index contributed by atoms with van der Waals surface area (Å²) in [6, 6.07) is 8.23. The molecule has 1 aromatic carbocycles. The predicted octanol–water partition coefficient (Wildman–Crippen LogP) is 1.55. The molecular weight excluding hydrogens is 274 g/mol. The molecule has 0 bridgehead atoms. The van der Waals surface area contributed by atoms with Crippen molar-refractivity contribution in [3.8, 4) is 0 Å². The highest BCUT2D eigenvalue weighted by Crippen LogP contribution is 2.07. The Morgan fingerprint density at radius 1 is 1.24 bits per heavy atom. The van der Waals surface area contributed by atoms with E-state index >= 15 is 0 Å². The second kappa shape index (κ2) is 7.75. The number of hydrogen-bond donors (Lipinski definition) is 2. The van der Waals surface area contributed by atoms with Crippen molar-refractivity contribution >= 4 is 11.9 Å². The van der Waals surface area contributed by atoms with E-state index in [-0.39, 0.29) is 13.0 Å².